The van der Waals surface area contributed by atoms with Gasteiger partial charge in [-0.2, -0.15) is 0 Å². The molecule has 0 amide bonds. The highest BCUT2D eigenvalue weighted by Gasteiger charge is 2.25. The smallest absolute Gasteiger partial charge is 0.236 e. The van der Waals surface area contributed by atoms with Crippen LogP contribution < -0.4 is 5.30 Å². The van der Waals surface area contributed by atoms with Crippen molar-refractivity contribution in [1.82, 2.24) is 0 Å². The van der Waals surface area contributed by atoms with E-state index in [9.17, 15) is 4.57 Å². The van der Waals surface area contributed by atoms with Crippen LogP contribution in [0.1, 0.15) is 5.56 Å². The Kier molecular flexibility index (Phi) is 4.87. The van der Waals surface area contributed by atoms with Crippen molar-refractivity contribution in [2.24, 2.45) is 0 Å². The summed E-state index contributed by atoms with van der Waals surface area (Å²) in [5.41, 5.74) is 1.07. The molecule has 19 heavy (non-hydrogen) atoms. The van der Waals surface area contributed by atoms with Gasteiger partial charge in [-0.25, -0.2) is 0 Å². The van der Waals surface area contributed by atoms with Gasteiger partial charge in [-0.05, 0) is 30.0 Å². The van der Waals surface area contributed by atoms with Gasteiger partial charge < -0.3 is 4.52 Å². The largest absolute Gasteiger partial charge is 0.328 e. The van der Waals surface area contributed by atoms with Gasteiger partial charge >= 0.3 is 0 Å². The summed E-state index contributed by atoms with van der Waals surface area (Å²) in [5.74, 6) is 0. The summed E-state index contributed by atoms with van der Waals surface area (Å²) in [6.45, 7) is 0. The third kappa shape index (κ3) is 3.30. The molecular formula is C15H17O2PS. The highest BCUT2D eigenvalue weighted by molar-refractivity contribution is 7.98. The summed E-state index contributed by atoms with van der Waals surface area (Å²) >= 11 is 1.67. The lowest BCUT2D eigenvalue weighted by molar-refractivity contribution is 0.402. The van der Waals surface area contributed by atoms with Crippen LogP contribution in [0.25, 0.3) is 0 Å². The molecule has 0 aliphatic heterocycles. The van der Waals surface area contributed by atoms with Crippen molar-refractivity contribution in [3.8, 4) is 0 Å². The van der Waals surface area contributed by atoms with Crippen molar-refractivity contribution >= 4 is 24.4 Å². The highest BCUT2D eigenvalue weighted by atomic mass is 32.2. The third-order valence-corrected chi connectivity index (χ3v) is 6.29. The normalized spacial score (nSPS) is 14.0. The number of rotatable bonds is 5. The third-order valence-electron chi connectivity index (χ3n) is 3.02. The highest BCUT2D eigenvalue weighted by Crippen LogP contribution is 2.49. The van der Waals surface area contributed by atoms with Crippen molar-refractivity contribution in [2.75, 3.05) is 13.4 Å². The summed E-state index contributed by atoms with van der Waals surface area (Å²) < 4.78 is 18.4. The van der Waals surface area contributed by atoms with Crippen LogP contribution in [-0.2, 0) is 15.3 Å². The summed E-state index contributed by atoms with van der Waals surface area (Å²) in [5, 5.41) is 0.772. The molecule has 0 N–H and O–H groups in total. The molecule has 0 saturated heterocycles. The fraction of sp³-hybridized carbons (Fsp3) is 0.200. The lowest BCUT2D eigenvalue weighted by atomic mass is 10.2. The van der Waals surface area contributed by atoms with Crippen molar-refractivity contribution in [3.63, 3.8) is 0 Å². The number of benzene rings is 2. The van der Waals surface area contributed by atoms with Crippen LogP contribution in [0, 0.1) is 0 Å². The Hall–Kier alpha value is -1.02. The lowest BCUT2D eigenvalue weighted by Gasteiger charge is -2.18. The van der Waals surface area contributed by atoms with Gasteiger partial charge in [0.2, 0.25) is 7.37 Å². The van der Waals surface area contributed by atoms with Crippen LogP contribution in [-0.4, -0.2) is 13.4 Å². The van der Waals surface area contributed by atoms with E-state index < -0.39 is 7.37 Å². The average molecular weight is 292 g/mol. The number of hydrogen-bond acceptors (Lipinski definition) is 3. The molecule has 2 aromatic rings. The standard InChI is InChI=1S/C15H17O2PS/c1-17-18(16,14-9-4-3-5-10-14)12-13-8-6-7-11-15(13)19-2/h3-11H,12H2,1-2H3. The second-order valence-corrected chi connectivity index (χ2v) is 7.55. The summed E-state index contributed by atoms with van der Waals surface area (Å²) in [6.07, 6.45) is 2.46. The minimum atomic E-state index is -2.83. The van der Waals surface area contributed by atoms with Gasteiger partial charge in [0.25, 0.3) is 0 Å². The summed E-state index contributed by atoms with van der Waals surface area (Å²) in [7, 11) is -1.30. The minimum Gasteiger partial charge on any atom is -0.328 e. The molecule has 2 aromatic carbocycles. The van der Waals surface area contributed by atoms with E-state index >= 15 is 0 Å². The maximum absolute atomic E-state index is 13.0. The SMILES string of the molecule is COP(=O)(Cc1ccccc1SC)c1ccccc1. The van der Waals surface area contributed by atoms with E-state index in [1.165, 1.54) is 7.11 Å². The Balaban J connectivity index is 2.36. The molecule has 4 heteroatoms. The first-order valence-corrected chi connectivity index (χ1v) is 9.05. The Morgan fingerprint density at radius 3 is 2.32 bits per heavy atom. The quantitative estimate of drug-likeness (QED) is 0.611. The molecule has 0 aromatic heterocycles. The van der Waals surface area contributed by atoms with Gasteiger partial charge in [0.05, 0.1) is 6.16 Å². The van der Waals surface area contributed by atoms with Crippen LogP contribution >= 0.6 is 19.1 Å². The fourth-order valence-corrected chi connectivity index (χ4v) is 4.57. The molecule has 2 nitrogen and oxygen atoms in total. The van der Waals surface area contributed by atoms with Crippen LogP contribution in [0.15, 0.2) is 59.5 Å². The van der Waals surface area contributed by atoms with E-state index in [0.29, 0.717) is 6.16 Å². The van der Waals surface area contributed by atoms with Gasteiger partial charge in [0.15, 0.2) is 0 Å². The number of hydrogen-bond donors (Lipinski definition) is 0. The maximum atomic E-state index is 13.0. The molecule has 0 radical (unpaired) electrons. The molecule has 0 saturated carbocycles. The molecule has 1 atom stereocenters. The zero-order chi connectivity index (χ0) is 13.7. The van der Waals surface area contributed by atoms with Gasteiger partial charge in [0.1, 0.15) is 0 Å². The van der Waals surface area contributed by atoms with Gasteiger partial charge in [0, 0.05) is 17.3 Å². The van der Waals surface area contributed by atoms with Crippen LogP contribution in [0.4, 0.5) is 0 Å². The van der Waals surface area contributed by atoms with Crippen LogP contribution in [0.5, 0.6) is 0 Å². The molecule has 0 spiro atoms. The molecular weight excluding hydrogens is 275 g/mol. The van der Waals surface area contributed by atoms with Crippen molar-refractivity contribution in [2.45, 2.75) is 11.1 Å². The summed E-state index contributed by atoms with van der Waals surface area (Å²) in [6, 6.07) is 17.5. The average Bonchev–Trinajstić information content (AvgIpc) is 2.48. The molecule has 0 aliphatic rings. The predicted molar refractivity (Wildman–Crippen MR) is 82.6 cm³/mol. The molecule has 100 valence electrons. The zero-order valence-electron chi connectivity index (χ0n) is 11.1. The van der Waals surface area contributed by atoms with Crippen LogP contribution in [0.2, 0.25) is 0 Å². The van der Waals surface area contributed by atoms with E-state index in [2.05, 4.69) is 0 Å². The minimum absolute atomic E-state index is 0.435. The predicted octanol–water partition coefficient (Wildman–Crippen LogP) is 4.16. The van der Waals surface area contributed by atoms with Crippen molar-refractivity contribution < 1.29 is 9.09 Å². The fourth-order valence-electron chi connectivity index (χ4n) is 1.97. The molecule has 0 bridgehead atoms. The van der Waals surface area contributed by atoms with Gasteiger partial charge in [-0.3, -0.25) is 4.57 Å². The Morgan fingerprint density at radius 2 is 1.68 bits per heavy atom. The van der Waals surface area contributed by atoms with Crippen molar-refractivity contribution in [1.29, 1.82) is 0 Å². The van der Waals surface area contributed by atoms with E-state index in [-0.39, 0.29) is 0 Å². The second kappa shape index (κ2) is 6.42. The first-order chi connectivity index (χ1) is 9.19. The second-order valence-electron chi connectivity index (χ2n) is 4.16. The maximum Gasteiger partial charge on any atom is 0.236 e. The monoisotopic (exact) mass is 292 g/mol. The van der Waals surface area contributed by atoms with Crippen LogP contribution in [0.3, 0.4) is 0 Å². The molecule has 0 heterocycles. The Bertz CT molecular complexity index is 584. The first kappa shape index (κ1) is 14.4. The molecule has 0 fully saturated rings. The van der Waals surface area contributed by atoms with E-state index in [1.54, 1.807) is 11.8 Å². The van der Waals surface area contributed by atoms with Gasteiger partial charge in [-0.1, -0.05) is 36.4 Å². The molecule has 2 rings (SSSR count). The van der Waals surface area contributed by atoms with Crippen molar-refractivity contribution in [3.05, 3.63) is 60.2 Å². The van der Waals surface area contributed by atoms with Gasteiger partial charge in [-0.15, -0.1) is 11.8 Å². The Morgan fingerprint density at radius 1 is 1.05 bits per heavy atom. The van der Waals surface area contributed by atoms with E-state index in [1.807, 2.05) is 60.9 Å². The summed E-state index contributed by atoms with van der Waals surface area (Å²) in [4.78, 5) is 1.15. The molecule has 1 unspecified atom stereocenters. The van der Waals surface area contributed by atoms with E-state index in [0.717, 1.165) is 15.8 Å². The van der Waals surface area contributed by atoms with E-state index in [4.69, 9.17) is 4.52 Å². The number of thioether (sulfide) groups is 1. The topological polar surface area (TPSA) is 26.3 Å². The zero-order valence-corrected chi connectivity index (χ0v) is 12.8. The lowest BCUT2D eigenvalue weighted by Crippen LogP contribution is -2.08. The first-order valence-electron chi connectivity index (χ1n) is 6.02. The molecule has 0 aliphatic carbocycles. The Labute approximate surface area is 118 Å².